The van der Waals surface area contributed by atoms with Gasteiger partial charge >= 0.3 is 0 Å². The Kier molecular flexibility index (Phi) is 4.19. The zero-order valence-corrected chi connectivity index (χ0v) is 11.3. The molecule has 0 fully saturated rings. The van der Waals surface area contributed by atoms with Crippen LogP contribution in [0.3, 0.4) is 0 Å². The molecule has 0 aliphatic carbocycles. The molecule has 1 aromatic heterocycles. The average Bonchev–Trinajstić information content (AvgIpc) is 2.81. The molecule has 0 N–H and O–H groups in total. The summed E-state index contributed by atoms with van der Waals surface area (Å²) in [7, 11) is 0. The highest BCUT2D eigenvalue weighted by atomic mass is 35.5. The first-order valence-electron chi connectivity index (χ1n) is 5.58. The molecule has 0 aliphatic rings. The fourth-order valence-electron chi connectivity index (χ4n) is 1.57. The van der Waals surface area contributed by atoms with Crippen LogP contribution >= 0.6 is 23.2 Å². The minimum atomic E-state index is -0.425. The van der Waals surface area contributed by atoms with E-state index in [0.717, 1.165) is 17.7 Å². The molecule has 96 valence electrons. The highest BCUT2D eigenvalue weighted by Gasteiger charge is 2.10. The monoisotopic (exact) mass is 287 g/mol. The SMILES string of the molecule is CCC(Cl)c1cn(Cc2ccc(F)c(Cl)c2)nn1. The minimum Gasteiger partial charge on any atom is -0.248 e. The lowest BCUT2D eigenvalue weighted by atomic mass is 10.2. The van der Waals surface area contributed by atoms with Crippen molar-refractivity contribution in [3.63, 3.8) is 0 Å². The molecule has 0 spiro atoms. The van der Waals surface area contributed by atoms with Crippen LogP contribution in [-0.4, -0.2) is 15.0 Å². The second-order valence-corrected chi connectivity index (χ2v) is 4.90. The van der Waals surface area contributed by atoms with Crippen LogP contribution in [0.4, 0.5) is 4.39 Å². The van der Waals surface area contributed by atoms with E-state index >= 15 is 0 Å². The molecule has 0 bridgehead atoms. The van der Waals surface area contributed by atoms with Crippen molar-refractivity contribution in [2.75, 3.05) is 0 Å². The van der Waals surface area contributed by atoms with Gasteiger partial charge in [0.15, 0.2) is 0 Å². The summed E-state index contributed by atoms with van der Waals surface area (Å²) >= 11 is 11.8. The number of aromatic nitrogens is 3. The van der Waals surface area contributed by atoms with Crippen LogP contribution in [0, 0.1) is 5.82 Å². The van der Waals surface area contributed by atoms with Gasteiger partial charge in [-0.25, -0.2) is 9.07 Å². The molecular weight excluding hydrogens is 276 g/mol. The lowest BCUT2D eigenvalue weighted by molar-refractivity contribution is 0.622. The van der Waals surface area contributed by atoms with Crippen LogP contribution in [0.5, 0.6) is 0 Å². The van der Waals surface area contributed by atoms with Gasteiger partial charge in [0.25, 0.3) is 0 Å². The van der Waals surface area contributed by atoms with Crippen molar-refractivity contribution >= 4 is 23.2 Å². The third-order valence-electron chi connectivity index (χ3n) is 2.56. The lowest BCUT2D eigenvalue weighted by Crippen LogP contribution is -2.00. The fourth-order valence-corrected chi connectivity index (χ4v) is 1.87. The summed E-state index contributed by atoms with van der Waals surface area (Å²) < 4.78 is 14.7. The van der Waals surface area contributed by atoms with Crippen LogP contribution in [-0.2, 0) is 6.54 Å². The average molecular weight is 288 g/mol. The lowest BCUT2D eigenvalue weighted by Gasteiger charge is -2.02. The van der Waals surface area contributed by atoms with E-state index in [1.54, 1.807) is 23.0 Å². The number of halogens is 3. The molecule has 1 aromatic carbocycles. The van der Waals surface area contributed by atoms with Gasteiger partial charge in [0, 0.05) is 0 Å². The van der Waals surface area contributed by atoms with E-state index in [1.165, 1.54) is 6.07 Å². The molecule has 0 aliphatic heterocycles. The summed E-state index contributed by atoms with van der Waals surface area (Å²) in [6.45, 7) is 2.47. The molecule has 0 saturated heterocycles. The molecule has 6 heteroatoms. The molecule has 3 nitrogen and oxygen atoms in total. The van der Waals surface area contributed by atoms with E-state index in [9.17, 15) is 4.39 Å². The summed E-state index contributed by atoms with van der Waals surface area (Å²) in [5, 5.41) is 7.95. The molecule has 2 rings (SSSR count). The molecule has 0 saturated carbocycles. The van der Waals surface area contributed by atoms with E-state index in [-0.39, 0.29) is 10.4 Å². The van der Waals surface area contributed by atoms with E-state index in [2.05, 4.69) is 10.3 Å². The number of nitrogens with zero attached hydrogens (tertiary/aromatic N) is 3. The molecule has 1 unspecified atom stereocenters. The largest absolute Gasteiger partial charge is 0.248 e. The number of alkyl halides is 1. The topological polar surface area (TPSA) is 30.7 Å². The Hall–Kier alpha value is -1.13. The van der Waals surface area contributed by atoms with Crippen LogP contribution in [0.1, 0.15) is 30.0 Å². The van der Waals surface area contributed by atoms with Gasteiger partial charge in [-0.3, -0.25) is 0 Å². The molecule has 1 atom stereocenters. The zero-order chi connectivity index (χ0) is 13.1. The maximum Gasteiger partial charge on any atom is 0.141 e. The number of benzene rings is 1. The Labute approximate surface area is 115 Å². The highest BCUT2D eigenvalue weighted by molar-refractivity contribution is 6.30. The van der Waals surface area contributed by atoms with E-state index < -0.39 is 5.82 Å². The standard InChI is InChI=1S/C12H12Cl2FN3/c1-2-9(13)12-7-18(17-16-12)6-8-3-4-11(15)10(14)5-8/h3-5,7,9H,2,6H2,1H3. The third kappa shape index (κ3) is 3.00. The van der Waals surface area contributed by atoms with Crippen molar-refractivity contribution < 1.29 is 4.39 Å². The molecule has 0 radical (unpaired) electrons. The van der Waals surface area contributed by atoms with Gasteiger partial charge in [-0.05, 0) is 24.1 Å². The zero-order valence-electron chi connectivity index (χ0n) is 9.78. The van der Waals surface area contributed by atoms with Gasteiger partial charge in [-0.2, -0.15) is 0 Å². The predicted molar refractivity (Wildman–Crippen MR) is 69.4 cm³/mol. The molecule has 1 heterocycles. The van der Waals surface area contributed by atoms with Crippen LogP contribution in [0.15, 0.2) is 24.4 Å². The van der Waals surface area contributed by atoms with Crippen molar-refractivity contribution in [1.29, 1.82) is 0 Å². The smallest absolute Gasteiger partial charge is 0.141 e. The Balaban J connectivity index is 2.13. The Morgan fingerprint density at radius 1 is 1.44 bits per heavy atom. The first-order chi connectivity index (χ1) is 8.60. The van der Waals surface area contributed by atoms with E-state index in [1.807, 2.05) is 6.92 Å². The summed E-state index contributed by atoms with van der Waals surface area (Å²) in [6, 6.07) is 4.59. The van der Waals surface area contributed by atoms with E-state index in [4.69, 9.17) is 23.2 Å². The summed E-state index contributed by atoms with van der Waals surface area (Å²) in [5.74, 6) is -0.425. The van der Waals surface area contributed by atoms with Gasteiger partial charge in [-0.15, -0.1) is 16.7 Å². The van der Waals surface area contributed by atoms with E-state index in [0.29, 0.717) is 6.54 Å². The maximum absolute atomic E-state index is 13.0. The molecule has 2 aromatic rings. The maximum atomic E-state index is 13.0. The Morgan fingerprint density at radius 3 is 2.89 bits per heavy atom. The third-order valence-corrected chi connectivity index (χ3v) is 3.39. The van der Waals surface area contributed by atoms with Crippen LogP contribution in [0.2, 0.25) is 5.02 Å². The number of rotatable bonds is 4. The van der Waals surface area contributed by atoms with Gasteiger partial charge in [0.05, 0.1) is 23.1 Å². The number of hydrogen-bond acceptors (Lipinski definition) is 2. The van der Waals surface area contributed by atoms with Crippen molar-refractivity contribution in [2.45, 2.75) is 25.3 Å². The Bertz CT molecular complexity index is 542. The van der Waals surface area contributed by atoms with Crippen LogP contribution < -0.4 is 0 Å². The van der Waals surface area contributed by atoms with Crippen molar-refractivity contribution in [2.24, 2.45) is 0 Å². The first kappa shape index (κ1) is 13.3. The fraction of sp³-hybridized carbons (Fsp3) is 0.333. The quantitative estimate of drug-likeness (QED) is 0.801. The normalized spacial score (nSPS) is 12.7. The van der Waals surface area contributed by atoms with Crippen molar-refractivity contribution in [3.8, 4) is 0 Å². The van der Waals surface area contributed by atoms with Gasteiger partial charge < -0.3 is 0 Å². The Morgan fingerprint density at radius 2 is 2.22 bits per heavy atom. The summed E-state index contributed by atoms with van der Waals surface area (Å²) in [4.78, 5) is 0. The second kappa shape index (κ2) is 5.67. The van der Waals surface area contributed by atoms with Gasteiger partial charge in [-0.1, -0.05) is 29.8 Å². The van der Waals surface area contributed by atoms with Crippen LogP contribution in [0.25, 0.3) is 0 Å². The van der Waals surface area contributed by atoms with Crippen molar-refractivity contribution in [1.82, 2.24) is 15.0 Å². The van der Waals surface area contributed by atoms with Crippen molar-refractivity contribution in [3.05, 3.63) is 46.5 Å². The summed E-state index contributed by atoms with van der Waals surface area (Å²) in [5.41, 5.74) is 1.60. The highest BCUT2D eigenvalue weighted by Crippen LogP contribution is 2.21. The van der Waals surface area contributed by atoms with Gasteiger partial charge in [0.1, 0.15) is 11.5 Å². The molecule has 0 amide bonds. The summed E-state index contributed by atoms with van der Waals surface area (Å²) in [6.07, 6.45) is 2.58. The minimum absolute atomic E-state index is 0.108. The molecular formula is C12H12Cl2FN3. The van der Waals surface area contributed by atoms with Gasteiger partial charge in [0.2, 0.25) is 0 Å². The number of hydrogen-bond donors (Lipinski definition) is 0. The molecule has 18 heavy (non-hydrogen) atoms. The second-order valence-electron chi connectivity index (χ2n) is 3.97. The first-order valence-corrected chi connectivity index (χ1v) is 6.39. The predicted octanol–water partition coefficient (Wildman–Crippen LogP) is 3.81.